The van der Waals surface area contributed by atoms with E-state index in [2.05, 4.69) is 13.0 Å². The maximum absolute atomic E-state index is 13.2. The van der Waals surface area contributed by atoms with Gasteiger partial charge in [-0.3, -0.25) is 4.79 Å². The molecule has 0 aromatic heterocycles. The molecule has 2 aromatic carbocycles. The van der Waals surface area contributed by atoms with Crippen LogP contribution in [0.2, 0.25) is 0 Å². The van der Waals surface area contributed by atoms with E-state index in [1.54, 1.807) is 0 Å². The first-order chi connectivity index (χ1) is 11.2. The predicted molar refractivity (Wildman–Crippen MR) is 95.7 cm³/mol. The van der Waals surface area contributed by atoms with Crippen molar-refractivity contribution in [3.63, 3.8) is 0 Å². The molecule has 0 fully saturated rings. The molecule has 1 amide bonds. The van der Waals surface area contributed by atoms with Crippen LogP contribution in [0.15, 0.2) is 53.4 Å². The van der Waals surface area contributed by atoms with Crippen molar-refractivity contribution in [2.24, 2.45) is 0 Å². The Morgan fingerprint density at radius 3 is 2.78 bits per heavy atom. The zero-order valence-electron chi connectivity index (χ0n) is 13.5. The largest absolute Gasteiger partial charge is 0.493 e. The van der Waals surface area contributed by atoms with Crippen LogP contribution in [0, 0.1) is 0 Å². The predicted octanol–water partition coefficient (Wildman–Crippen LogP) is 4.62. The SMILES string of the molecule is CCOc1ccccc1C(=O)N1CC[C@@H](C)Sc2ccccc21. The molecule has 4 heteroatoms. The van der Waals surface area contributed by atoms with Gasteiger partial charge in [0.15, 0.2) is 0 Å². The van der Waals surface area contributed by atoms with Crippen LogP contribution in [0.5, 0.6) is 5.75 Å². The Morgan fingerprint density at radius 2 is 1.96 bits per heavy atom. The van der Waals surface area contributed by atoms with Crippen LogP contribution in [0.1, 0.15) is 30.6 Å². The second-order valence-electron chi connectivity index (χ2n) is 5.57. The van der Waals surface area contributed by atoms with Gasteiger partial charge in [0.25, 0.3) is 5.91 Å². The van der Waals surface area contributed by atoms with Crippen LogP contribution in [-0.2, 0) is 0 Å². The average molecular weight is 327 g/mol. The van der Waals surface area contributed by atoms with Crippen molar-refractivity contribution < 1.29 is 9.53 Å². The molecule has 0 bridgehead atoms. The molecular weight excluding hydrogens is 306 g/mol. The number of thioether (sulfide) groups is 1. The summed E-state index contributed by atoms with van der Waals surface area (Å²) in [6, 6.07) is 15.6. The van der Waals surface area contributed by atoms with E-state index < -0.39 is 0 Å². The van der Waals surface area contributed by atoms with Crippen molar-refractivity contribution in [1.29, 1.82) is 0 Å². The fraction of sp³-hybridized carbons (Fsp3) is 0.316. The number of rotatable bonds is 3. The van der Waals surface area contributed by atoms with Crippen LogP contribution in [0.3, 0.4) is 0 Å². The molecule has 0 N–H and O–H groups in total. The van der Waals surface area contributed by atoms with E-state index >= 15 is 0 Å². The summed E-state index contributed by atoms with van der Waals surface area (Å²) in [4.78, 5) is 16.2. The van der Waals surface area contributed by atoms with Crippen molar-refractivity contribution in [3.8, 4) is 5.75 Å². The van der Waals surface area contributed by atoms with E-state index in [-0.39, 0.29) is 5.91 Å². The van der Waals surface area contributed by atoms with Gasteiger partial charge in [0, 0.05) is 16.7 Å². The smallest absolute Gasteiger partial charge is 0.262 e. The lowest BCUT2D eigenvalue weighted by Gasteiger charge is -2.23. The lowest BCUT2D eigenvalue weighted by atomic mass is 10.1. The standard InChI is InChI=1S/C19H21NO2S/c1-3-22-17-10-6-4-8-15(17)19(21)20-13-12-14(2)23-18-11-7-5-9-16(18)20/h4-11,14H,3,12-13H2,1-2H3/t14-/m1/s1. The molecule has 3 rings (SSSR count). The number of fused-ring (bicyclic) bond motifs is 1. The topological polar surface area (TPSA) is 29.5 Å². The summed E-state index contributed by atoms with van der Waals surface area (Å²) in [5.74, 6) is 0.665. The maximum atomic E-state index is 13.2. The van der Waals surface area contributed by atoms with Gasteiger partial charge >= 0.3 is 0 Å². The van der Waals surface area contributed by atoms with Gasteiger partial charge in [0.05, 0.1) is 17.9 Å². The fourth-order valence-corrected chi connectivity index (χ4v) is 3.88. The van der Waals surface area contributed by atoms with Crippen LogP contribution >= 0.6 is 11.8 Å². The quantitative estimate of drug-likeness (QED) is 0.824. The summed E-state index contributed by atoms with van der Waals surface area (Å²) >= 11 is 1.84. The molecule has 0 radical (unpaired) electrons. The highest BCUT2D eigenvalue weighted by atomic mass is 32.2. The minimum absolute atomic E-state index is 0.0104. The van der Waals surface area contributed by atoms with Gasteiger partial charge in [0.2, 0.25) is 0 Å². The van der Waals surface area contributed by atoms with E-state index in [0.29, 0.717) is 23.2 Å². The Morgan fingerprint density at radius 1 is 1.22 bits per heavy atom. The Labute approximate surface area is 141 Å². The van der Waals surface area contributed by atoms with Gasteiger partial charge in [0.1, 0.15) is 5.75 Å². The molecule has 0 saturated carbocycles. The molecule has 23 heavy (non-hydrogen) atoms. The highest BCUT2D eigenvalue weighted by Crippen LogP contribution is 2.38. The van der Waals surface area contributed by atoms with Gasteiger partial charge in [-0.1, -0.05) is 31.2 Å². The van der Waals surface area contributed by atoms with Gasteiger partial charge < -0.3 is 9.64 Å². The van der Waals surface area contributed by atoms with Crippen molar-refractivity contribution in [2.75, 3.05) is 18.1 Å². The Bertz CT molecular complexity index is 701. The molecule has 3 nitrogen and oxygen atoms in total. The summed E-state index contributed by atoms with van der Waals surface area (Å²) in [6.45, 7) is 5.42. The first-order valence-electron chi connectivity index (χ1n) is 8.00. The van der Waals surface area contributed by atoms with Gasteiger partial charge in [-0.05, 0) is 37.6 Å². The Hall–Kier alpha value is -1.94. The van der Waals surface area contributed by atoms with Crippen molar-refractivity contribution in [3.05, 3.63) is 54.1 Å². The second-order valence-corrected chi connectivity index (χ2v) is 7.05. The molecule has 1 atom stereocenters. The first-order valence-corrected chi connectivity index (χ1v) is 8.88. The zero-order valence-corrected chi connectivity index (χ0v) is 14.3. The molecule has 0 spiro atoms. The molecule has 120 valence electrons. The first kappa shape index (κ1) is 15.9. The van der Waals surface area contributed by atoms with Gasteiger partial charge in [-0.25, -0.2) is 0 Å². The van der Waals surface area contributed by atoms with Crippen molar-refractivity contribution in [2.45, 2.75) is 30.4 Å². The number of anilines is 1. The molecule has 0 aliphatic carbocycles. The Kier molecular flexibility index (Phi) is 4.91. The third-order valence-corrected chi connectivity index (χ3v) is 5.14. The molecule has 0 saturated heterocycles. The normalized spacial score (nSPS) is 17.3. The molecule has 2 aromatic rings. The number of nitrogens with zero attached hydrogens (tertiary/aromatic N) is 1. The van der Waals surface area contributed by atoms with Crippen molar-refractivity contribution >= 4 is 23.4 Å². The van der Waals surface area contributed by atoms with Crippen LogP contribution in [0.25, 0.3) is 0 Å². The van der Waals surface area contributed by atoms with E-state index in [9.17, 15) is 4.79 Å². The van der Waals surface area contributed by atoms with Gasteiger partial charge in [-0.15, -0.1) is 11.8 Å². The second kappa shape index (κ2) is 7.09. The van der Waals surface area contributed by atoms with Gasteiger partial charge in [-0.2, -0.15) is 0 Å². The third-order valence-electron chi connectivity index (χ3n) is 3.91. The summed E-state index contributed by atoms with van der Waals surface area (Å²) < 4.78 is 5.64. The number of hydrogen-bond acceptors (Lipinski definition) is 3. The number of carbonyl (C=O) groups is 1. The number of ether oxygens (including phenoxy) is 1. The van der Waals surface area contributed by atoms with E-state index in [1.807, 2.05) is 66.1 Å². The summed E-state index contributed by atoms with van der Waals surface area (Å²) in [7, 11) is 0. The minimum Gasteiger partial charge on any atom is -0.493 e. The third kappa shape index (κ3) is 3.37. The van der Waals surface area contributed by atoms with E-state index in [4.69, 9.17) is 4.74 Å². The highest BCUT2D eigenvalue weighted by molar-refractivity contribution is 8.00. The number of carbonyl (C=O) groups excluding carboxylic acids is 1. The van der Waals surface area contributed by atoms with Crippen LogP contribution in [0.4, 0.5) is 5.69 Å². The molecular formula is C19H21NO2S. The minimum atomic E-state index is 0.0104. The van der Waals surface area contributed by atoms with Crippen molar-refractivity contribution in [1.82, 2.24) is 0 Å². The molecule has 1 aliphatic rings. The number of benzene rings is 2. The Balaban J connectivity index is 1.99. The summed E-state index contributed by atoms with van der Waals surface area (Å²) in [5.41, 5.74) is 1.63. The average Bonchev–Trinajstić information content (AvgIpc) is 2.73. The van der Waals surface area contributed by atoms with Crippen LogP contribution < -0.4 is 9.64 Å². The lowest BCUT2D eigenvalue weighted by molar-refractivity contribution is 0.0983. The maximum Gasteiger partial charge on any atom is 0.262 e. The summed E-state index contributed by atoms with van der Waals surface area (Å²) in [6.07, 6.45) is 0.974. The molecule has 0 unspecified atom stereocenters. The van der Waals surface area contributed by atoms with Crippen LogP contribution in [-0.4, -0.2) is 24.3 Å². The molecule has 1 aliphatic heterocycles. The lowest BCUT2D eigenvalue weighted by Crippen LogP contribution is -2.32. The zero-order chi connectivity index (χ0) is 16.2. The number of amides is 1. The fourth-order valence-electron chi connectivity index (χ4n) is 2.77. The molecule has 1 heterocycles. The monoisotopic (exact) mass is 327 g/mol. The van der Waals surface area contributed by atoms with E-state index in [0.717, 1.165) is 18.7 Å². The highest BCUT2D eigenvalue weighted by Gasteiger charge is 2.26. The summed E-state index contributed by atoms with van der Waals surface area (Å²) in [5, 5.41) is 0.496. The number of hydrogen-bond donors (Lipinski definition) is 0. The van der Waals surface area contributed by atoms with E-state index in [1.165, 1.54) is 4.90 Å². The number of para-hydroxylation sites is 2.